The van der Waals surface area contributed by atoms with Crippen LogP contribution in [0, 0.1) is 4.91 Å². The number of benzene rings is 1. The zero-order chi connectivity index (χ0) is 10.1. The molecule has 70 valence electrons. The number of hydrogen-bond donors (Lipinski definition) is 0. The third kappa shape index (κ3) is 1.09. The molecule has 1 aliphatic heterocycles. The molecule has 2 rings (SSSR count). The van der Waals surface area contributed by atoms with E-state index >= 15 is 0 Å². The van der Waals surface area contributed by atoms with Crippen molar-refractivity contribution in [2.75, 3.05) is 7.05 Å². The van der Waals surface area contributed by atoms with Gasteiger partial charge in [0.05, 0.1) is 5.22 Å². The fourth-order valence-electron chi connectivity index (χ4n) is 1.84. The van der Waals surface area contributed by atoms with Crippen molar-refractivity contribution in [3.8, 4) is 0 Å². The molecule has 0 fully saturated rings. The van der Waals surface area contributed by atoms with Crippen LogP contribution in [-0.2, 0) is 0 Å². The first-order valence-corrected chi connectivity index (χ1v) is 4.45. The first-order valence-electron chi connectivity index (χ1n) is 4.45. The quantitative estimate of drug-likeness (QED) is 0.468. The van der Waals surface area contributed by atoms with E-state index in [1.54, 1.807) is 0 Å². The maximum absolute atomic E-state index is 10.2. The summed E-state index contributed by atoms with van der Waals surface area (Å²) in [5.74, 6) is 0. The van der Waals surface area contributed by atoms with Crippen LogP contribution in [0.25, 0.3) is 5.57 Å². The lowest BCUT2D eigenvalue weighted by Gasteiger charge is -1.91. The fraction of sp³-hybridized carbons (Fsp3) is 0.182. The predicted octanol–water partition coefficient (Wildman–Crippen LogP) is 0.599. The van der Waals surface area contributed by atoms with Crippen LogP contribution in [-0.4, -0.2) is 7.05 Å². The van der Waals surface area contributed by atoms with E-state index in [1.165, 1.54) is 11.4 Å². The number of para-hydroxylation sites is 1. The van der Waals surface area contributed by atoms with E-state index in [0.29, 0.717) is 0 Å². The summed E-state index contributed by atoms with van der Waals surface area (Å²) < 4.78 is 1.98. The average Bonchev–Trinajstić information content (AvgIpc) is 2.45. The second kappa shape index (κ2) is 3.18. The van der Waals surface area contributed by atoms with E-state index in [-0.39, 0.29) is 0 Å². The molecule has 1 aromatic rings. The van der Waals surface area contributed by atoms with Crippen LogP contribution in [0.15, 0.2) is 41.3 Å². The van der Waals surface area contributed by atoms with Crippen molar-refractivity contribution >= 4 is 5.57 Å². The third-order valence-corrected chi connectivity index (χ3v) is 2.59. The van der Waals surface area contributed by atoms with Crippen molar-refractivity contribution in [1.29, 1.82) is 0 Å². The number of nitroso groups, excluding NO2 is 1. The van der Waals surface area contributed by atoms with Crippen molar-refractivity contribution in [3.05, 3.63) is 51.6 Å². The van der Waals surface area contributed by atoms with Gasteiger partial charge in [-0.1, -0.05) is 12.1 Å². The third-order valence-electron chi connectivity index (χ3n) is 2.59. The molecular weight excluding hydrogens is 176 g/mol. The molecule has 0 spiro atoms. The zero-order valence-electron chi connectivity index (χ0n) is 8.19. The second-order valence-electron chi connectivity index (χ2n) is 3.32. The van der Waals surface area contributed by atoms with Crippen LogP contribution in [0.5, 0.6) is 0 Å². The maximum Gasteiger partial charge on any atom is 0.231 e. The Balaban J connectivity index is 2.90. The molecular formula is C11H11N2O+. The molecule has 0 N–H and O–H groups in total. The van der Waals surface area contributed by atoms with Gasteiger partial charge in [0.25, 0.3) is 0 Å². The lowest BCUT2D eigenvalue weighted by Crippen LogP contribution is -2.30. The molecule has 3 nitrogen and oxygen atoms in total. The Morgan fingerprint density at radius 3 is 2.71 bits per heavy atom. The van der Waals surface area contributed by atoms with Gasteiger partial charge in [-0.05, 0) is 18.2 Å². The standard InChI is InChI=1S/C11H11N2O/c1-8-9-5-3-4-6-10(9)13(2)11(8)7-12-14/h3-7H,1-2H3/q+1. The number of nitrogens with zero attached hydrogens (tertiary/aromatic N) is 2. The topological polar surface area (TPSA) is 32.4 Å². The maximum atomic E-state index is 10.2. The van der Waals surface area contributed by atoms with Crippen LogP contribution in [0.4, 0.5) is 0 Å². The van der Waals surface area contributed by atoms with E-state index in [2.05, 4.69) is 5.18 Å². The minimum absolute atomic E-state index is 0.876. The highest BCUT2D eigenvalue weighted by Crippen LogP contribution is 2.09. The lowest BCUT2D eigenvalue weighted by molar-refractivity contribution is 0.850. The Hall–Kier alpha value is -1.77. The molecule has 0 aromatic heterocycles. The van der Waals surface area contributed by atoms with Crippen molar-refractivity contribution in [3.63, 3.8) is 0 Å². The Morgan fingerprint density at radius 1 is 1.36 bits per heavy atom. The molecule has 1 aliphatic rings. The van der Waals surface area contributed by atoms with E-state index in [0.717, 1.165) is 16.6 Å². The second-order valence-corrected chi connectivity index (χ2v) is 3.32. The monoisotopic (exact) mass is 187 g/mol. The van der Waals surface area contributed by atoms with E-state index < -0.39 is 0 Å². The SMILES string of the molecule is CC1=c2ccccc2=[N+](C)C1=CN=O. The van der Waals surface area contributed by atoms with Gasteiger partial charge < -0.3 is 0 Å². The summed E-state index contributed by atoms with van der Waals surface area (Å²) in [5.41, 5.74) is 1.98. The van der Waals surface area contributed by atoms with Crippen LogP contribution >= 0.6 is 0 Å². The van der Waals surface area contributed by atoms with Crippen molar-refractivity contribution in [1.82, 2.24) is 4.58 Å². The number of allylic oxidation sites excluding steroid dienone is 1. The van der Waals surface area contributed by atoms with Crippen LogP contribution in [0.2, 0.25) is 0 Å². The van der Waals surface area contributed by atoms with Gasteiger partial charge in [0, 0.05) is 11.6 Å². The minimum atomic E-state index is 0.876. The summed E-state index contributed by atoms with van der Waals surface area (Å²) in [6.07, 6.45) is 1.36. The van der Waals surface area contributed by atoms with E-state index in [4.69, 9.17) is 0 Å². The summed E-state index contributed by atoms with van der Waals surface area (Å²) in [6.45, 7) is 2.00. The van der Waals surface area contributed by atoms with Gasteiger partial charge >= 0.3 is 0 Å². The Labute approximate surface area is 81.7 Å². The smallest absolute Gasteiger partial charge is 0.193 e. The molecule has 1 heterocycles. The molecule has 0 aliphatic carbocycles. The van der Waals surface area contributed by atoms with Gasteiger partial charge in [-0.15, -0.1) is 4.91 Å². The molecule has 0 unspecified atom stereocenters. The van der Waals surface area contributed by atoms with Crippen LogP contribution in [0.1, 0.15) is 6.92 Å². The predicted molar refractivity (Wildman–Crippen MR) is 55.8 cm³/mol. The number of fused-ring (bicyclic) bond motifs is 1. The molecule has 0 amide bonds. The zero-order valence-corrected chi connectivity index (χ0v) is 8.19. The first-order chi connectivity index (χ1) is 6.75. The molecule has 0 saturated carbocycles. The van der Waals surface area contributed by atoms with E-state index in [9.17, 15) is 4.91 Å². The van der Waals surface area contributed by atoms with Crippen LogP contribution < -0.4 is 15.2 Å². The Morgan fingerprint density at radius 2 is 2.07 bits per heavy atom. The molecule has 14 heavy (non-hydrogen) atoms. The molecule has 1 aromatic carbocycles. The largest absolute Gasteiger partial charge is 0.231 e. The lowest BCUT2D eigenvalue weighted by atomic mass is 10.2. The van der Waals surface area contributed by atoms with Gasteiger partial charge in [0.2, 0.25) is 11.1 Å². The van der Waals surface area contributed by atoms with E-state index in [1.807, 2.05) is 42.8 Å². The highest BCUT2D eigenvalue weighted by atomic mass is 16.2. The van der Waals surface area contributed by atoms with Gasteiger partial charge in [-0.25, -0.2) is 0 Å². The summed E-state index contributed by atoms with van der Waals surface area (Å²) in [7, 11) is 1.94. The van der Waals surface area contributed by atoms with Gasteiger partial charge in [-0.3, -0.25) is 0 Å². The Bertz CT molecular complexity index is 498. The van der Waals surface area contributed by atoms with Gasteiger partial charge in [0.15, 0.2) is 0 Å². The molecule has 0 saturated heterocycles. The average molecular weight is 187 g/mol. The first kappa shape index (κ1) is 8.81. The fourth-order valence-corrected chi connectivity index (χ4v) is 1.84. The molecule has 0 bridgehead atoms. The minimum Gasteiger partial charge on any atom is -0.193 e. The highest BCUT2D eigenvalue weighted by Gasteiger charge is 2.20. The van der Waals surface area contributed by atoms with Crippen LogP contribution in [0.3, 0.4) is 0 Å². The Kier molecular flexibility index (Phi) is 2.00. The van der Waals surface area contributed by atoms with Gasteiger partial charge in [0.1, 0.15) is 13.2 Å². The summed E-state index contributed by atoms with van der Waals surface area (Å²) in [5, 5.41) is 5.12. The summed E-state index contributed by atoms with van der Waals surface area (Å²) in [4.78, 5) is 10.2. The van der Waals surface area contributed by atoms with Crippen molar-refractivity contribution in [2.24, 2.45) is 5.18 Å². The summed E-state index contributed by atoms with van der Waals surface area (Å²) in [6, 6.07) is 8.06. The van der Waals surface area contributed by atoms with Crippen molar-refractivity contribution in [2.45, 2.75) is 6.92 Å². The highest BCUT2D eigenvalue weighted by molar-refractivity contribution is 5.63. The summed E-state index contributed by atoms with van der Waals surface area (Å²) >= 11 is 0. The molecule has 0 atom stereocenters. The van der Waals surface area contributed by atoms with Crippen molar-refractivity contribution < 1.29 is 0 Å². The number of hydrogen-bond acceptors (Lipinski definition) is 2. The number of rotatable bonds is 1. The van der Waals surface area contributed by atoms with Gasteiger partial charge in [-0.2, -0.15) is 4.58 Å². The molecule has 3 heteroatoms. The normalized spacial score (nSPS) is 17.4. The molecule has 0 radical (unpaired) electrons.